The largest absolute Gasteiger partial charge is 0.353 e. The monoisotopic (exact) mass is 407 g/mol. The van der Waals surface area contributed by atoms with Crippen LogP contribution in [0.5, 0.6) is 0 Å². The summed E-state index contributed by atoms with van der Waals surface area (Å²) in [5, 5.41) is 4.22. The minimum atomic E-state index is -0.112. The number of nitrogens with one attached hydrogen (secondary N) is 1. The van der Waals surface area contributed by atoms with Gasteiger partial charge in [-0.15, -0.1) is 0 Å². The van der Waals surface area contributed by atoms with Gasteiger partial charge in [0.25, 0.3) is 5.56 Å². The molecule has 1 heterocycles. The van der Waals surface area contributed by atoms with Gasteiger partial charge in [-0.25, -0.2) is 4.98 Å². The number of carbonyl (C=O) groups excluding carboxylic acids is 1. The number of nitrogens with zero attached hydrogens (tertiary/aromatic N) is 2. The van der Waals surface area contributed by atoms with E-state index in [0.29, 0.717) is 16.1 Å². The lowest BCUT2D eigenvalue weighted by Crippen LogP contribution is -2.34. The fourth-order valence-corrected chi connectivity index (χ4v) is 4.61. The van der Waals surface area contributed by atoms with Gasteiger partial charge in [-0.1, -0.05) is 55.8 Å². The second kappa shape index (κ2) is 8.82. The number of hydrogen-bond donors (Lipinski definition) is 1. The number of aromatic nitrogens is 2. The van der Waals surface area contributed by atoms with E-state index in [4.69, 9.17) is 4.98 Å². The molecule has 0 spiro atoms. The minimum absolute atomic E-state index is 0.00260. The van der Waals surface area contributed by atoms with Crippen LogP contribution < -0.4 is 10.9 Å². The lowest BCUT2D eigenvalue weighted by atomic mass is 10.1. The number of rotatable bonds is 6. The van der Waals surface area contributed by atoms with Crippen LogP contribution in [0.15, 0.2) is 58.5 Å². The Morgan fingerprint density at radius 2 is 1.86 bits per heavy atom. The summed E-state index contributed by atoms with van der Waals surface area (Å²) in [6, 6.07) is 15.6. The lowest BCUT2D eigenvalue weighted by Gasteiger charge is -2.15. The van der Waals surface area contributed by atoms with Crippen molar-refractivity contribution in [3.8, 4) is 5.69 Å². The molecular weight excluding hydrogens is 382 g/mol. The quantitative estimate of drug-likeness (QED) is 0.494. The molecule has 0 unspecified atom stereocenters. The molecule has 3 aromatic rings. The average molecular weight is 408 g/mol. The summed E-state index contributed by atoms with van der Waals surface area (Å²) in [6.45, 7) is 2.10. The zero-order chi connectivity index (χ0) is 20.2. The van der Waals surface area contributed by atoms with E-state index in [0.717, 1.165) is 24.9 Å². The molecule has 1 fully saturated rings. The molecule has 0 saturated heterocycles. The molecule has 0 radical (unpaired) electrons. The van der Waals surface area contributed by atoms with Gasteiger partial charge in [0.2, 0.25) is 5.91 Å². The van der Waals surface area contributed by atoms with E-state index in [9.17, 15) is 9.59 Å². The highest BCUT2D eigenvalue weighted by molar-refractivity contribution is 7.99. The van der Waals surface area contributed by atoms with Crippen LogP contribution >= 0.6 is 11.8 Å². The summed E-state index contributed by atoms with van der Waals surface area (Å²) in [7, 11) is 0. The summed E-state index contributed by atoms with van der Waals surface area (Å²) in [4.78, 5) is 30.3. The van der Waals surface area contributed by atoms with E-state index in [2.05, 4.69) is 12.2 Å². The summed E-state index contributed by atoms with van der Waals surface area (Å²) >= 11 is 1.31. The fourth-order valence-electron chi connectivity index (χ4n) is 3.79. The molecule has 29 heavy (non-hydrogen) atoms. The van der Waals surface area contributed by atoms with Crippen molar-refractivity contribution < 1.29 is 4.79 Å². The highest BCUT2D eigenvalue weighted by Crippen LogP contribution is 2.22. The maximum absolute atomic E-state index is 13.2. The molecule has 1 aromatic heterocycles. The minimum Gasteiger partial charge on any atom is -0.353 e. The predicted octanol–water partition coefficient (Wildman–Crippen LogP) is 4.10. The third-order valence-corrected chi connectivity index (χ3v) is 6.34. The summed E-state index contributed by atoms with van der Waals surface area (Å²) in [5.41, 5.74) is 2.51. The molecule has 6 heteroatoms. The Balaban J connectivity index is 1.67. The Kier molecular flexibility index (Phi) is 6.00. The zero-order valence-electron chi connectivity index (χ0n) is 16.6. The average Bonchev–Trinajstić information content (AvgIpc) is 3.25. The van der Waals surface area contributed by atoms with Crippen molar-refractivity contribution in [2.75, 3.05) is 5.75 Å². The van der Waals surface area contributed by atoms with Gasteiger partial charge in [0.1, 0.15) is 0 Å². The smallest absolute Gasteiger partial charge is 0.266 e. The second-order valence-corrected chi connectivity index (χ2v) is 8.35. The first-order valence-electron chi connectivity index (χ1n) is 10.2. The Morgan fingerprint density at radius 1 is 1.14 bits per heavy atom. The van der Waals surface area contributed by atoms with Gasteiger partial charge in [0.15, 0.2) is 5.16 Å². The van der Waals surface area contributed by atoms with E-state index in [-0.39, 0.29) is 23.3 Å². The van der Waals surface area contributed by atoms with Crippen LogP contribution in [0.3, 0.4) is 0 Å². The van der Waals surface area contributed by atoms with Gasteiger partial charge < -0.3 is 5.32 Å². The Hall–Kier alpha value is -2.60. The number of fused-ring (bicyclic) bond motifs is 1. The number of hydrogen-bond acceptors (Lipinski definition) is 4. The number of benzene rings is 2. The molecule has 1 N–H and O–H groups in total. The molecule has 0 bridgehead atoms. The molecule has 1 amide bonds. The van der Waals surface area contributed by atoms with Crippen molar-refractivity contribution in [1.82, 2.24) is 14.9 Å². The molecule has 4 rings (SSSR count). The predicted molar refractivity (Wildman–Crippen MR) is 118 cm³/mol. The zero-order valence-corrected chi connectivity index (χ0v) is 17.4. The molecular formula is C23H25N3O2S. The number of aryl methyl sites for hydroxylation is 1. The second-order valence-electron chi connectivity index (χ2n) is 7.41. The van der Waals surface area contributed by atoms with E-state index < -0.39 is 0 Å². The maximum Gasteiger partial charge on any atom is 0.266 e. The number of amides is 1. The van der Waals surface area contributed by atoms with Gasteiger partial charge in [-0.2, -0.15) is 0 Å². The van der Waals surface area contributed by atoms with Crippen molar-refractivity contribution in [2.45, 2.75) is 50.2 Å². The van der Waals surface area contributed by atoms with E-state index in [1.165, 1.54) is 30.2 Å². The van der Waals surface area contributed by atoms with Crippen LogP contribution in [-0.4, -0.2) is 27.3 Å². The molecule has 0 atom stereocenters. The molecule has 0 aliphatic heterocycles. The first-order valence-corrected chi connectivity index (χ1v) is 11.2. The Bertz CT molecular complexity index is 1070. The van der Waals surface area contributed by atoms with Gasteiger partial charge in [0.05, 0.1) is 22.3 Å². The molecule has 150 valence electrons. The molecule has 1 aliphatic rings. The SMILES string of the molecule is CCc1ccc(-n2c(SCC(=O)NC3CCCC3)nc3ccccc3c2=O)cc1. The van der Waals surface area contributed by atoms with Crippen LogP contribution in [0.4, 0.5) is 0 Å². The third kappa shape index (κ3) is 4.37. The van der Waals surface area contributed by atoms with Crippen molar-refractivity contribution in [3.05, 3.63) is 64.4 Å². The van der Waals surface area contributed by atoms with Gasteiger partial charge in [-0.05, 0) is 49.1 Å². The summed E-state index contributed by atoms with van der Waals surface area (Å²) < 4.78 is 1.62. The van der Waals surface area contributed by atoms with Gasteiger partial charge >= 0.3 is 0 Å². The summed E-state index contributed by atoms with van der Waals surface area (Å²) in [6.07, 6.45) is 5.40. The van der Waals surface area contributed by atoms with Gasteiger partial charge in [0, 0.05) is 6.04 Å². The van der Waals surface area contributed by atoms with E-state index in [1.807, 2.05) is 42.5 Å². The molecule has 1 aliphatic carbocycles. The number of para-hydroxylation sites is 1. The van der Waals surface area contributed by atoms with E-state index >= 15 is 0 Å². The third-order valence-electron chi connectivity index (χ3n) is 5.40. The summed E-state index contributed by atoms with van der Waals surface area (Å²) in [5.74, 6) is 0.242. The number of thioether (sulfide) groups is 1. The highest BCUT2D eigenvalue weighted by Gasteiger charge is 2.19. The lowest BCUT2D eigenvalue weighted by molar-refractivity contribution is -0.119. The molecule has 2 aromatic carbocycles. The first kappa shape index (κ1) is 19.7. The standard InChI is InChI=1S/C23H25N3O2S/c1-2-16-11-13-18(14-12-16)26-22(28)19-9-5-6-10-20(19)25-23(26)29-15-21(27)24-17-7-3-4-8-17/h5-6,9-14,17H,2-4,7-8,15H2,1H3,(H,24,27). The topological polar surface area (TPSA) is 64.0 Å². The maximum atomic E-state index is 13.2. The van der Waals surface area contributed by atoms with Crippen molar-refractivity contribution in [1.29, 1.82) is 0 Å². The molecule has 1 saturated carbocycles. The normalized spacial score (nSPS) is 14.4. The Morgan fingerprint density at radius 3 is 2.59 bits per heavy atom. The van der Waals surface area contributed by atoms with Crippen molar-refractivity contribution in [2.24, 2.45) is 0 Å². The molecule has 5 nitrogen and oxygen atoms in total. The van der Waals surface area contributed by atoms with Crippen molar-refractivity contribution in [3.63, 3.8) is 0 Å². The van der Waals surface area contributed by atoms with Crippen LogP contribution in [0.1, 0.15) is 38.2 Å². The van der Waals surface area contributed by atoms with Crippen LogP contribution in [0, 0.1) is 0 Å². The Labute approximate surface area is 174 Å². The van der Waals surface area contributed by atoms with Crippen LogP contribution in [0.2, 0.25) is 0 Å². The van der Waals surface area contributed by atoms with Gasteiger partial charge in [-0.3, -0.25) is 14.2 Å². The number of carbonyl (C=O) groups is 1. The van der Waals surface area contributed by atoms with Crippen LogP contribution in [-0.2, 0) is 11.2 Å². The highest BCUT2D eigenvalue weighted by atomic mass is 32.2. The van der Waals surface area contributed by atoms with Crippen LogP contribution in [0.25, 0.3) is 16.6 Å². The van der Waals surface area contributed by atoms with Crippen molar-refractivity contribution >= 4 is 28.6 Å². The first-order chi connectivity index (χ1) is 14.2. The van der Waals surface area contributed by atoms with E-state index in [1.54, 1.807) is 10.6 Å². The fraction of sp³-hybridized carbons (Fsp3) is 0.348.